The highest BCUT2D eigenvalue weighted by Gasteiger charge is 2.22. The first-order valence-electron chi connectivity index (χ1n) is 5.72. The number of ketones is 1. The highest BCUT2D eigenvalue weighted by molar-refractivity contribution is 6.66. The molecule has 7 heteroatoms. The molecular formula is C13H12N4O3. The van der Waals surface area contributed by atoms with E-state index in [-0.39, 0.29) is 12.3 Å². The SMILES string of the molecule is CCOC(=O)C(=N)C(=O)/C(=C/c1ccccc1)N=[N+]=[N-]. The molecule has 0 saturated carbocycles. The number of ether oxygens (including phenoxy) is 1. The third-order valence-corrected chi connectivity index (χ3v) is 2.19. The Bertz CT molecular complexity index is 601. The first-order valence-corrected chi connectivity index (χ1v) is 5.72. The van der Waals surface area contributed by atoms with E-state index in [4.69, 9.17) is 10.9 Å². The summed E-state index contributed by atoms with van der Waals surface area (Å²) in [6.45, 7) is 1.61. The summed E-state index contributed by atoms with van der Waals surface area (Å²) in [5.41, 5.74) is 7.87. The summed E-state index contributed by atoms with van der Waals surface area (Å²) in [6.07, 6.45) is 1.30. The molecule has 0 saturated heterocycles. The molecule has 0 aliphatic rings. The first-order chi connectivity index (χ1) is 9.60. The number of allylic oxidation sites excluding steroid dienone is 1. The van der Waals surface area contributed by atoms with E-state index in [0.29, 0.717) is 5.56 Å². The van der Waals surface area contributed by atoms with E-state index in [2.05, 4.69) is 14.8 Å². The van der Waals surface area contributed by atoms with Gasteiger partial charge in [-0.05, 0) is 24.1 Å². The first kappa shape index (κ1) is 15.1. The molecule has 0 unspecified atom stereocenters. The lowest BCUT2D eigenvalue weighted by molar-refractivity contribution is -0.135. The van der Waals surface area contributed by atoms with Gasteiger partial charge in [-0.15, -0.1) is 0 Å². The molecule has 102 valence electrons. The summed E-state index contributed by atoms with van der Waals surface area (Å²) in [5, 5.41) is 10.7. The number of benzene rings is 1. The van der Waals surface area contributed by atoms with Gasteiger partial charge in [-0.3, -0.25) is 10.2 Å². The van der Waals surface area contributed by atoms with Crippen molar-refractivity contribution in [1.82, 2.24) is 0 Å². The van der Waals surface area contributed by atoms with Crippen molar-refractivity contribution < 1.29 is 14.3 Å². The standard InChI is InChI=1S/C13H12N4O3/c1-2-20-13(19)11(14)12(18)10(16-17-15)8-9-6-4-3-5-7-9/h3-8,14H,2H2,1H3/b10-8-,14-11?. The van der Waals surface area contributed by atoms with E-state index < -0.39 is 17.5 Å². The molecule has 0 fully saturated rings. The van der Waals surface area contributed by atoms with Gasteiger partial charge in [0.1, 0.15) is 0 Å². The molecule has 1 N–H and O–H groups in total. The van der Waals surface area contributed by atoms with Crippen molar-refractivity contribution in [3.8, 4) is 0 Å². The quantitative estimate of drug-likeness (QED) is 0.163. The van der Waals surface area contributed by atoms with Gasteiger partial charge >= 0.3 is 5.97 Å². The molecule has 0 radical (unpaired) electrons. The topological polar surface area (TPSA) is 116 Å². The Morgan fingerprint density at radius 1 is 1.40 bits per heavy atom. The minimum atomic E-state index is -1.05. The second-order valence-corrected chi connectivity index (χ2v) is 3.55. The van der Waals surface area contributed by atoms with Crippen LogP contribution in [0, 0.1) is 5.41 Å². The third kappa shape index (κ3) is 4.08. The van der Waals surface area contributed by atoms with Crippen LogP contribution in [0.5, 0.6) is 0 Å². The predicted molar refractivity (Wildman–Crippen MR) is 72.9 cm³/mol. The number of hydrogen-bond donors (Lipinski definition) is 1. The smallest absolute Gasteiger partial charge is 0.360 e. The number of esters is 1. The predicted octanol–water partition coefficient (Wildman–Crippen LogP) is 2.49. The van der Waals surface area contributed by atoms with E-state index in [0.717, 1.165) is 0 Å². The largest absolute Gasteiger partial charge is 0.461 e. The third-order valence-electron chi connectivity index (χ3n) is 2.19. The summed E-state index contributed by atoms with van der Waals surface area (Å²) in [4.78, 5) is 25.7. The fourth-order valence-electron chi connectivity index (χ4n) is 1.32. The van der Waals surface area contributed by atoms with E-state index in [1.54, 1.807) is 37.3 Å². The molecule has 0 aromatic heterocycles. The number of azide groups is 1. The van der Waals surface area contributed by atoms with Gasteiger partial charge < -0.3 is 4.74 Å². The van der Waals surface area contributed by atoms with Crippen LogP contribution in [0.25, 0.3) is 16.5 Å². The van der Waals surface area contributed by atoms with Gasteiger partial charge in [-0.2, -0.15) is 0 Å². The molecule has 0 bridgehead atoms. The number of carbonyl (C=O) groups excluding carboxylic acids is 2. The van der Waals surface area contributed by atoms with Crippen molar-refractivity contribution in [3.05, 3.63) is 52.0 Å². The van der Waals surface area contributed by atoms with Crippen molar-refractivity contribution in [3.63, 3.8) is 0 Å². The summed E-state index contributed by atoms with van der Waals surface area (Å²) in [5.74, 6) is -2.03. The normalized spacial score (nSPS) is 10.3. The average Bonchev–Trinajstić information content (AvgIpc) is 2.46. The Labute approximate surface area is 115 Å². The Hall–Kier alpha value is -2.92. The van der Waals surface area contributed by atoms with E-state index in [9.17, 15) is 9.59 Å². The lowest BCUT2D eigenvalue weighted by Gasteiger charge is -2.03. The highest BCUT2D eigenvalue weighted by atomic mass is 16.5. The van der Waals surface area contributed by atoms with Crippen LogP contribution in [-0.4, -0.2) is 24.1 Å². The van der Waals surface area contributed by atoms with Crippen LogP contribution in [-0.2, 0) is 14.3 Å². The van der Waals surface area contributed by atoms with Crippen LogP contribution in [0.1, 0.15) is 12.5 Å². The average molecular weight is 272 g/mol. The number of nitrogens with one attached hydrogen (secondary N) is 1. The summed E-state index contributed by atoms with van der Waals surface area (Å²) < 4.78 is 4.56. The Balaban J connectivity index is 3.06. The van der Waals surface area contributed by atoms with Gasteiger partial charge in [0.2, 0.25) is 5.78 Å². The fourth-order valence-corrected chi connectivity index (χ4v) is 1.32. The van der Waals surface area contributed by atoms with E-state index in [1.165, 1.54) is 6.08 Å². The lowest BCUT2D eigenvalue weighted by Crippen LogP contribution is -2.26. The van der Waals surface area contributed by atoms with Crippen molar-refractivity contribution in [1.29, 1.82) is 5.41 Å². The van der Waals surface area contributed by atoms with Crippen LogP contribution >= 0.6 is 0 Å². The van der Waals surface area contributed by atoms with Crippen molar-refractivity contribution in [2.24, 2.45) is 5.11 Å². The maximum atomic E-state index is 11.9. The number of Topliss-reactive ketones (excluding diaryl/α,β-unsaturated/α-hetero) is 1. The van der Waals surface area contributed by atoms with Gasteiger partial charge in [0, 0.05) is 4.91 Å². The number of hydrogen-bond acceptors (Lipinski definition) is 5. The lowest BCUT2D eigenvalue weighted by atomic mass is 10.1. The molecule has 0 amide bonds. The molecule has 7 nitrogen and oxygen atoms in total. The summed E-state index contributed by atoms with van der Waals surface area (Å²) in [7, 11) is 0. The van der Waals surface area contributed by atoms with E-state index in [1.807, 2.05) is 0 Å². The monoisotopic (exact) mass is 272 g/mol. The number of rotatable bonds is 6. The zero-order valence-electron chi connectivity index (χ0n) is 10.7. The zero-order valence-corrected chi connectivity index (χ0v) is 10.7. The molecule has 0 aliphatic heterocycles. The molecule has 0 spiro atoms. The second kappa shape index (κ2) is 7.50. The fraction of sp³-hybridized carbons (Fsp3) is 0.154. The molecule has 0 aliphatic carbocycles. The van der Waals surface area contributed by atoms with Crippen molar-refractivity contribution in [2.45, 2.75) is 6.92 Å². The molecule has 0 atom stereocenters. The molecule has 1 rings (SSSR count). The highest BCUT2D eigenvalue weighted by Crippen LogP contribution is 2.10. The van der Waals surface area contributed by atoms with Crippen molar-refractivity contribution in [2.75, 3.05) is 6.61 Å². The molecular weight excluding hydrogens is 260 g/mol. The van der Waals surface area contributed by atoms with Gasteiger partial charge in [0.15, 0.2) is 5.71 Å². The van der Waals surface area contributed by atoms with Crippen LogP contribution in [0.2, 0.25) is 0 Å². The summed E-state index contributed by atoms with van der Waals surface area (Å²) >= 11 is 0. The summed E-state index contributed by atoms with van der Waals surface area (Å²) in [6, 6.07) is 8.64. The van der Waals surface area contributed by atoms with Gasteiger partial charge in [0.05, 0.1) is 12.3 Å². The number of nitrogens with zero attached hydrogens (tertiary/aromatic N) is 3. The maximum Gasteiger partial charge on any atom is 0.360 e. The van der Waals surface area contributed by atoms with Crippen LogP contribution in [0.15, 0.2) is 41.1 Å². The Kier molecular flexibility index (Phi) is 5.68. The Morgan fingerprint density at radius 3 is 2.60 bits per heavy atom. The van der Waals surface area contributed by atoms with Crippen molar-refractivity contribution >= 4 is 23.5 Å². The van der Waals surface area contributed by atoms with Crippen LogP contribution < -0.4 is 0 Å². The zero-order chi connectivity index (χ0) is 15.0. The van der Waals surface area contributed by atoms with Crippen LogP contribution in [0.4, 0.5) is 0 Å². The van der Waals surface area contributed by atoms with Gasteiger partial charge in [-0.1, -0.05) is 35.4 Å². The number of carbonyl (C=O) groups is 2. The molecule has 1 aromatic rings. The van der Waals surface area contributed by atoms with Crippen LogP contribution in [0.3, 0.4) is 0 Å². The van der Waals surface area contributed by atoms with E-state index >= 15 is 0 Å². The minimum Gasteiger partial charge on any atom is -0.461 e. The molecule has 20 heavy (non-hydrogen) atoms. The maximum absolute atomic E-state index is 11.9. The molecule has 0 heterocycles. The Morgan fingerprint density at radius 2 is 2.05 bits per heavy atom. The minimum absolute atomic E-state index is 0.0493. The second-order valence-electron chi connectivity index (χ2n) is 3.55. The molecule has 1 aromatic carbocycles. The van der Waals surface area contributed by atoms with Gasteiger partial charge in [-0.25, -0.2) is 4.79 Å². The van der Waals surface area contributed by atoms with Gasteiger partial charge in [0.25, 0.3) is 0 Å².